The van der Waals surface area contributed by atoms with Crippen LogP contribution in [0.25, 0.3) is 0 Å². The van der Waals surface area contributed by atoms with Gasteiger partial charge in [0.25, 0.3) is 5.91 Å². The molecule has 0 saturated carbocycles. The monoisotopic (exact) mass is 377 g/mol. The second kappa shape index (κ2) is 8.23. The summed E-state index contributed by atoms with van der Waals surface area (Å²) in [7, 11) is 0. The zero-order chi connectivity index (χ0) is 20.0. The van der Waals surface area contributed by atoms with Crippen LogP contribution in [0.3, 0.4) is 0 Å². The maximum atomic E-state index is 13.2. The molecular formula is C18H14F3N3O3. The molecule has 0 unspecified atom stereocenters. The average Bonchev–Trinajstić information content (AvgIpc) is 2.60. The van der Waals surface area contributed by atoms with Gasteiger partial charge in [-0.05, 0) is 30.3 Å². The number of amides is 2. The molecule has 2 amide bonds. The number of rotatable bonds is 5. The predicted octanol–water partition coefficient (Wildman–Crippen LogP) is 3.55. The molecule has 0 bridgehead atoms. The number of carbonyl (C=O) groups is 2. The summed E-state index contributed by atoms with van der Waals surface area (Å²) in [6, 6.07) is 11.0. The van der Waals surface area contributed by atoms with Gasteiger partial charge < -0.3 is 15.4 Å². The minimum atomic E-state index is -4.74. The van der Waals surface area contributed by atoms with Gasteiger partial charge in [0.05, 0.1) is 16.8 Å². The fourth-order valence-electron chi connectivity index (χ4n) is 2.18. The number of nitrogens with one attached hydrogen (secondary N) is 2. The second-order valence-corrected chi connectivity index (χ2v) is 5.38. The van der Waals surface area contributed by atoms with E-state index in [1.807, 2.05) is 6.07 Å². The molecule has 0 aliphatic carbocycles. The van der Waals surface area contributed by atoms with Crippen LogP contribution in [0.1, 0.15) is 18.1 Å². The summed E-state index contributed by atoms with van der Waals surface area (Å²) in [5.41, 5.74) is -1.44. The zero-order valence-electron chi connectivity index (χ0n) is 14.1. The first-order valence-corrected chi connectivity index (χ1v) is 7.61. The quantitative estimate of drug-likeness (QED) is 0.834. The number of carbonyl (C=O) groups excluding carboxylic acids is 2. The number of para-hydroxylation sites is 1. The van der Waals surface area contributed by atoms with Crippen LogP contribution >= 0.6 is 0 Å². The number of hydrogen-bond acceptors (Lipinski definition) is 4. The molecule has 2 N–H and O–H groups in total. The van der Waals surface area contributed by atoms with Gasteiger partial charge in [-0.1, -0.05) is 12.1 Å². The summed E-state index contributed by atoms with van der Waals surface area (Å²) in [6.07, 6.45) is -4.74. The molecular weight excluding hydrogens is 363 g/mol. The van der Waals surface area contributed by atoms with Gasteiger partial charge in [-0.2, -0.15) is 18.4 Å². The number of alkyl halides is 3. The number of benzene rings is 2. The summed E-state index contributed by atoms with van der Waals surface area (Å²) in [6.45, 7) is 0.586. The molecule has 6 nitrogen and oxygen atoms in total. The van der Waals surface area contributed by atoms with Crippen molar-refractivity contribution in [2.24, 2.45) is 0 Å². The Morgan fingerprint density at radius 3 is 2.48 bits per heavy atom. The smallest absolute Gasteiger partial charge is 0.418 e. The maximum Gasteiger partial charge on any atom is 0.418 e. The van der Waals surface area contributed by atoms with Gasteiger partial charge in [0.1, 0.15) is 11.8 Å². The van der Waals surface area contributed by atoms with Crippen LogP contribution in [-0.4, -0.2) is 18.4 Å². The Bertz CT molecular complexity index is 905. The third-order valence-corrected chi connectivity index (χ3v) is 3.29. The van der Waals surface area contributed by atoms with Crippen LogP contribution in [0.2, 0.25) is 0 Å². The summed E-state index contributed by atoms with van der Waals surface area (Å²) in [4.78, 5) is 23.0. The molecule has 0 radical (unpaired) electrons. The molecule has 0 aliphatic rings. The van der Waals surface area contributed by atoms with Crippen molar-refractivity contribution in [1.82, 2.24) is 0 Å². The second-order valence-electron chi connectivity index (χ2n) is 5.38. The molecule has 0 heterocycles. The third kappa shape index (κ3) is 5.47. The highest BCUT2D eigenvalue weighted by atomic mass is 19.4. The normalized spacial score (nSPS) is 10.6. The molecule has 0 aliphatic heterocycles. The first-order chi connectivity index (χ1) is 12.7. The molecule has 0 spiro atoms. The molecule has 2 rings (SSSR count). The Morgan fingerprint density at radius 2 is 1.85 bits per heavy atom. The van der Waals surface area contributed by atoms with Gasteiger partial charge in [-0.25, -0.2) is 0 Å². The van der Waals surface area contributed by atoms with Gasteiger partial charge >= 0.3 is 6.18 Å². The first kappa shape index (κ1) is 19.8. The van der Waals surface area contributed by atoms with E-state index in [1.54, 1.807) is 12.1 Å². The number of nitriles is 1. The summed E-state index contributed by atoms with van der Waals surface area (Å²) < 4.78 is 44.9. The molecule has 0 saturated heterocycles. The largest absolute Gasteiger partial charge is 0.482 e. The zero-order valence-corrected chi connectivity index (χ0v) is 14.1. The minimum absolute atomic E-state index is 0.0491. The fourth-order valence-corrected chi connectivity index (χ4v) is 2.18. The Morgan fingerprint density at radius 1 is 1.15 bits per heavy atom. The van der Waals surface area contributed by atoms with Gasteiger partial charge in [0.2, 0.25) is 5.91 Å². The van der Waals surface area contributed by atoms with Crippen LogP contribution in [0.4, 0.5) is 24.5 Å². The molecule has 140 valence electrons. The topological polar surface area (TPSA) is 91.2 Å². The van der Waals surface area contributed by atoms with Crippen molar-refractivity contribution >= 4 is 23.2 Å². The van der Waals surface area contributed by atoms with Crippen molar-refractivity contribution in [3.05, 3.63) is 53.6 Å². The van der Waals surface area contributed by atoms with E-state index in [2.05, 4.69) is 10.6 Å². The Hall–Kier alpha value is -3.54. The molecule has 0 fully saturated rings. The maximum absolute atomic E-state index is 13.2. The Kier molecular flexibility index (Phi) is 6.03. The van der Waals surface area contributed by atoms with Gasteiger partial charge in [0, 0.05) is 12.6 Å². The van der Waals surface area contributed by atoms with E-state index >= 15 is 0 Å². The Balaban J connectivity index is 2.14. The number of hydrogen-bond donors (Lipinski definition) is 2. The van der Waals surface area contributed by atoms with E-state index in [0.29, 0.717) is 0 Å². The minimum Gasteiger partial charge on any atom is -0.482 e. The summed E-state index contributed by atoms with van der Waals surface area (Å²) in [5.74, 6) is -1.21. The van der Waals surface area contributed by atoms with Gasteiger partial charge in [0.15, 0.2) is 6.61 Å². The fraction of sp³-hybridized carbons (Fsp3) is 0.167. The summed E-state index contributed by atoms with van der Waals surface area (Å²) >= 11 is 0. The summed E-state index contributed by atoms with van der Waals surface area (Å²) in [5, 5.41) is 13.3. The number of ether oxygens (including phenoxy) is 1. The van der Waals surface area contributed by atoms with Crippen LogP contribution < -0.4 is 15.4 Å². The predicted molar refractivity (Wildman–Crippen MR) is 91.0 cm³/mol. The lowest BCUT2D eigenvalue weighted by Crippen LogP contribution is -2.22. The van der Waals surface area contributed by atoms with E-state index in [0.717, 1.165) is 12.1 Å². The SMILES string of the molecule is CC(=O)Nc1ccc(NC(=O)COc2ccccc2C#N)c(C(F)(F)F)c1. The van der Waals surface area contributed by atoms with Crippen molar-refractivity contribution in [1.29, 1.82) is 5.26 Å². The lowest BCUT2D eigenvalue weighted by Gasteiger charge is -2.16. The van der Waals surface area contributed by atoms with E-state index in [-0.39, 0.29) is 17.0 Å². The molecule has 2 aromatic carbocycles. The molecule has 27 heavy (non-hydrogen) atoms. The van der Waals surface area contributed by atoms with Crippen molar-refractivity contribution < 1.29 is 27.5 Å². The average molecular weight is 377 g/mol. The van der Waals surface area contributed by atoms with Gasteiger partial charge in [-0.15, -0.1) is 0 Å². The number of anilines is 2. The highest BCUT2D eigenvalue weighted by Crippen LogP contribution is 2.36. The first-order valence-electron chi connectivity index (χ1n) is 7.61. The van der Waals surface area contributed by atoms with Crippen molar-refractivity contribution in [3.63, 3.8) is 0 Å². The van der Waals surface area contributed by atoms with E-state index in [1.165, 1.54) is 25.1 Å². The van der Waals surface area contributed by atoms with Crippen LogP contribution in [0, 0.1) is 11.3 Å². The molecule has 2 aromatic rings. The number of halogens is 3. The van der Waals surface area contributed by atoms with Crippen LogP contribution in [0.5, 0.6) is 5.75 Å². The van der Waals surface area contributed by atoms with Crippen molar-refractivity contribution in [2.45, 2.75) is 13.1 Å². The van der Waals surface area contributed by atoms with Crippen molar-refractivity contribution in [3.8, 4) is 11.8 Å². The lowest BCUT2D eigenvalue weighted by molar-refractivity contribution is -0.137. The van der Waals surface area contributed by atoms with Gasteiger partial charge in [-0.3, -0.25) is 9.59 Å². The van der Waals surface area contributed by atoms with E-state index in [4.69, 9.17) is 10.00 Å². The molecule has 0 aromatic heterocycles. The molecule has 0 atom stereocenters. The lowest BCUT2D eigenvalue weighted by atomic mass is 10.1. The number of nitrogens with zero attached hydrogens (tertiary/aromatic N) is 1. The standard InChI is InChI=1S/C18H14F3N3O3/c1-11(25)23-13-6-7-15(14(8-13)18(19,20)21)24-17(26)10-27-16-5-3-2-4-12(16)9-22/h2-8H,10H2,1H3,(H,23,25)(H,24,26). The highest BCUT2D eigenvalue weighted by molar-refractivity contribution is 5.94. The Labute approximate surface area is 152 Å². The van der Waals surface area contributed by atoms with Crippen molar-refractivity contribution in [2.75, 3.05) is 17.2 Å². The highest BCUT2D eigenvalue weighted by Gasteiger charge is 2.34. The molecule has 9 heteroatoms. The van der Waals surface area contributed by atoms with E-state index < -0.39 is 35.8 Å². The van der Waals surface area contributed by atoms with E-state index in [9.17, 15) is 22.8 Å². The van der Waals surface area contributed by atoms with Crippen LogP contribution in [-0.2, 0) is 15.8 Å². The van der Waals surface area contributed by atoms with Crippen LogP contribution in [0.15, 0.2) is 42.5 Å². The third-order valence-electron chi connectivity index (χ3n) is 3.29.